The Bertz CT molecular complexity index is 1030. The standard InChI is InChI=1S/C23H23N3O3S/c1-3-29-18-7-5-17(6-8-18)26-21(27)12-20(23(26)28)30-22-16(13-24)11-15-10-14(2)4-9-19(15)25-22/h5-8,11,14,20H,3-4,9-10,12H2,1-2H3/t14-,20+/m0/s1. The highest BCUT2D eigenvalue weighted by Gasteiger charge is 2.41. The number of fused-ring (bicyclic) bond motifs is 1. The number of nitrogens with zero attached hydrogens (tertiary/aromatic N) is 3. The summed E-state index contributed by atoms with van der Waals surface area (Å²) in [5, 5.41) is 9.57. The van der Waals surface area contributed by atoms with Gasteiger partial charge in [-0.3, -0.25) is 9.59 Å². The van der Waals surface area contributed by atoms with Crippen molar-refractivity contribution in [3.63, 3.8) is 0 Å². The van der Waals surface area contributed by atoms with Gasteiger partial charge >= 0.3 is 0 Å². The number of rotatable bonds is 5. The molecule has 6 nitrogen and oxygen atoms in total. The number of carbonyl (C=O) groups excluding carboxylic acids is 2. The van der Waals surface area contributed by atoms with Gasteiger partial charge in [-0.2, -0.15) is 5.26 Å². The normalized spacial score (nSPS) is 20.8. The third-order valence-electron chi connectivity index (χ3n) is 5.48. The molecule has 154 valence electrons. The van der Waals surface area contributed by atoms with Crippen molar-refractivity contribution in [1.29, 1.82) is 5.26 Å². The number of thioether (sulfide) groups is 1. The topological polar surface area (TPSA) is 83.3 Å². The zero-order valence-electron chi connectivity index (χ0n) is 17.1. The first-order valence-electron chi connectivity index (χ1n) is 10.2. The molecule has 30 heavy (non-hydrogen) atoms. The Labute approximate surface area is 180 Å². The van der Waals surface area contributed by atoms with Gasteiger partial charge in [0.15, 0.2) is 0 Å². The van der Waals surface area contributed by atoms with E-state index in [2.05, 4.69) is 13.0 Å². The van der Waals surface area contributed by atoms with Crippen molar-refractivity contribution in [2.75, 3.05) is 11.5 Å². The number of imide groups is 1. The van der Waals surface area contributed by atoms with E-state index in [1.807, 2.05) is 13.0 Å². The van der Waals surface area contributed by atoms with E-state index in [0.717, 1.165) is 30.5 Å². The minimum absolute atomic E-state index is 0.0946. The third-order valence-corrected chi connectivity index (χ3v) is 6.67. The molecule has 2 aromatic rings. The summed E-state index contributed by atoms with van der Waals surface area (Å²) in [6, 6.07) is 11.1. The molecular weight excluding hydrogens is 398 g/mol. The Morgan fingerprint density at radius 1 is 1.27 bits per heavy atom. The minimum Gasteiger partial charge on any atom is -0.494 e. The lowest BCUT2D eigenvalue weighted by molar-refractivity contribution is -0.121. The molecule has 0 bridgehead atoms. The molecule has 2 heterocycles. The number of pyridine rings is 1. The molecule has 0 radical (unpaired) electrons. The monoisotopic (exact) mass is 421 g/mol. The number of ether oxygens (including phenoxy) is 1. The predicted molar refractivity (Wildman–Crippen MR) is 115 cm³/mol. The first kappa shape index (κ1) is 20.4. The van der Waals surface area contributed by atoms with Gasteiger partial charge in [0, 0.05) is 12.1 Å². The molecule has 1 aromatic heterocycles. The summed E-state index contributed by atoms with van der Waals surface area (Å²) in [6.07, 6.45) is 2.97. The maximum absolute atomic E-state index is 13.0. The molecule has 2 atom stereocenters. The Kier molecular flexibility index (Phi) is 5.78. The van der Waals surface area contributed by atoms with E-state index in [0.29, 0.717) is 34.6 Å². The molecule has 0 saturated carbocycles. The number of hydrogen-bond acceptors (Lipinski definition) is 6. The van der Waals surface area contributed by atoms with Crippen LogP contribution in [0.3, 0.4) is 0 Å². The van der Waals surface area contributed by atoms with Gasteiger partial charge in [-0.05, 0) is 68.0 Å². The average molecular weight is 422 g/mol. The number of benzene rings is 1. The largest absolute Gasteiger partial charge is 0.494 e. The quantitative estimate of drug-likeness (QED) is 0.681. The molecule has 2 amide bonds. The highest BCUT2D eigenvalue weighted by molar-refractivity contribution is 8.00. The predicted octanol–water partition coefficient (Wildman–Crippen LogP) is 3.90. The number of aryl methyl sites for hydroxylation is 1. The third kappa shape index (κ3) is 3.92. The molecule has 0 N–H and O–H groups in total. The van der Waals surface area contributed by atoms with E-state index in [1.54, 1.807) is 24.3 Å². The zero-order chi connectivity index (χ0) is 21.3. The lowest BCUT2D eigenvalue weighted by atomic mass is 9.87. The second-order valence-electron chi connectivity index (χ2n) is 7.71. The van der Waals surface area contributed by atoms with Gasteiger partial charge in [-0.1, -0.05) is 18.7 Å². The van der Waals surface area contributed by atoms with Crippen LogP contribution in [0.1, 0.15) is 43.5 Å². The Morgan fingerprint density at radius 3 is 2.73 bits per heavy atom. The van der Waals surface area contributed by atoms with Crippen molar-refractivity contribution in [3.8, 4) is 11.8 Å². The van der Waals surface area contributed by atoms with Gasteiger partial charge in [0.2, 0.25) is 11.8 Å². The summed E-state index contributed by atoms with van der Waals surface area (Å²) in [7, 11) is 0. The smallest absolute Gasteiger partial charge is 0.247 e. The van der Waals surface area contributed by atoms with E-state index in [9.17, 15) is 14.9 Å². The Hall–Kier alpha value is -2.85. The minimum atomic E-state index is -0.579. The molecular formula is C23H23N3O3S. The van der Waals surface area contributed by atoms with Crippen LogP contribution >= 0.6 is 11.8 Å². The zero-order valence-corrected chi connectivity index (χ0v) is 17.9. The first-order valence-corrected chi connectivity index (χ1v) is 11.1. The molecule has 1 aliphatic heterocycles. The van der Waals surface area contributed by atoms with Crippen LogP contribution in [0.2, 0.25) is 0 Å². The fraction of sp³-hybridized carbons (Fsp3) is 0.391. The van der Waals surface area contributed by atoms with Crippen molar-refractivity contribution < 1.29 is 14.3 Å². The highest BCUT2D eigenvalue weighted by atomic mass is 32.2. The van der Waals surface area contributed by atoms with E-state index in [4.69, 9.17) is 9.72 Å². The summed E-state index contributed by atoms with van der Waals surface area (Å²) in [6.45, 7) is 4.65. The number of amides is 2. The van der Waals surface area contributed by atoms with Gasteiger partial charge in [0.05, 0.1) is 23.1 Å². The lowest BCUT2D eigenvalue weighted by Crippen LogP contribution is -2.31. The average Bonchev–Trinajstić information content (AvgIpc) is 3.01. The number of nitriles is 1. The van der Waals surface area contributed by atoms with Gasteiger partial charge < -0.3 is 4.74 Å². The van der Waals surface area contributed by atoms with Crippen molar-refractivity contribution in [2.45, 2.75) is 49.8 Å². The molecule has 4 rings (SSSR count). The molecule has 1 aliphatic carbocycles. The van der Waals surface area contributed by atoms with Crippen molar-refractivity contribution in [3.05, 3.63) is 47.2 Å². The fourth-order valence-electron chi connectivity index (χ4n) is 3.96. The second kappa shape index (κ2) is 8.49. The molecule has 2 aliphatic rings. The summed E-state index contributed by atoms with van der Waals surface area (Å²) < 4.78 is 5.42. The van der Waals surface area contributed by atoms with E-state index < -0.39 is 5.25 Å². The van der Waals surface area contributed by atoms with Crippen LogP contribution in [0.15, 0.2) is 35.4 Å². The van der Waals surface area contributed by atoms with Crippen LogP contribution in [0.4, 0.5) is 5.69 Å². The SMILES string of the molecule is CCOc1ccc(N2C(=O)C[C@@H](Sc3nc4c(cc3C#N)C[C@@H](C)CC4)C2=O)cc1. The Morgan fingerprint density at radius 2 is 2.03 bits per heavy atom. The maximum atomic E-state index is 13.0. The molecule has 0 unspecified atom stereocenters. The van der Waals surface area contributed by atoms with Crippen molar-refractivity contribution in [2.24, 2.45) is 5.92 Å². The van der Waals surface area contributed by atoms with Crippen LogP contribution in [-0.2, 0) is 22.4 Å². The molecule has 1 fully saturated rings. The second-order valence-corrected chi connectivity index (χ2v) is 8.90. The van der Waals surface area contributed by atoms with E-state index in [-0.39, 0.29) is 18.2 Å². The molecule has 1 saturated heterocycles. The van der Waals surface area contributed by atoms with Gasteiger partial charge in [-0.25, -0.2) is 9.88 Å². The van der Waals surface area contributed by atoms with Crippen molar-refractivity contribution >= 4 is 29.3 Å². The lowest BCUT2D eigenvalue weighted by Gasteiger charge is -2.22. The molecule has 1 aromatic carbocycles. The number of hydrogen-bond donors (Lipinski definition) is 0. The number of aromatic nitrogens is 1. The number of carbonyl (C=O) groups is 2. The van der Waals surface area contributed by atoms with Gasteiger partial charge in [-0.15, -0.1) is 0 Å². The number of anilines is 1. The van der Waals surface area contributed by atoms with Crippen LogP contribution in [0.5, 0.6) is 5.75 Å². The summed E-state index contributed by atoms with van der Waals surface area (Å²) in [5.74, 6) is 0.761. The molecule has 7 heteroatoms. The summed E-state index contributed by atoms with van der Waals surface area (Å²) >= 11 is 1.23. The van der Waals surface area contributed by atoms with Crippen LogP contribution in [0, 0.1) is 17.2 Å². The van der Waals surface area contributed by atoms with Gasteiger partial charge in [0.1, 0.15) is 16.8 Å². The highest BCUT2D eigenvalue weighted by Crippen LogP contribution is 2.36. The van der Waals surface area contributed by atoms with Crippen LogP contribution < -0.4 is 9.64 Å². The fourth-order valence-corrected chi connectivity index (χ4v) is 5.05. The van der Waals surface area contributed by atoms with E-state index in [1.165, 1.54) is 16.7 Å². The first-order chi connectivity index (χ1) is 14.5. The maximum Gasteiger partial charge on any atom is 0.247 e. The van der Waals surface area contributed by atoms with Gasteiger partial charge in [0.25, 0.3) is 0 Å². The van der Waals surface area contributed by atoms with Crippen molar-refractivity contribution in [1.82, 2.24) is 4.98 Å². The summed E-state index contributed by atoms with van der Waals surface area (Å²) in [4.78, 5) is 31.5. The summed E-state index contributed by atoms with van der Waals surface area (Å²) in [5.41, 5.74) is 3.14. The Balaban J connectivity index is 1.55. The van der Waals surface area contributed by atoms with Crippen LogP contribution in [0.25, 0.3) is 0 Å². The molecule has 0 spiro atoms. The van der Waals surface area contributed by atoms with E-state index >= 15 is 0 Å². The van der Waals surface area contributed by atoms with Crippen LogP contribution in [-0.4, -0.2) is 28.7 Å².